The number of hydrogen-bond donors (Lipinski definition) is 0. The van der Waals surface area contributed by atoms with Crippen LogP contribution in [0.25, 0.3) is 0 Å². The highest BCUT2D eigenvalue weighted by Gasteiger charge is 2.08. The Hall–Kier alpha value is -1.13. The van der Waals surface area contributed by atoms with Crippen LogP contribution in [0.4, 0.5) is 0 Å². The zero-order chi connectivity index (χ0) is 13.0. The Labute approximate surface area is 119 Å². The van der Waals surface area contributed by atoms with Crippen LogP contribution in [0.15, 0.2) is 40.2 Å². The number of hydrogen-bond acceptors (Lipinski definition) is 3. The molecule has 1 aromatic heterocycles. The Balaban J connectivity index is 1.92. The summed E-state index contributed by atoms with van der Waals surface area (Å²) in [7, 11) is 1.65. The van der Waals surface area contributed by atoms with Crippen LogP contribution >= 0.6 is 27.3 Å². The smallest absolute Gasteiger partial charge is 0.173 e. The van der Waals surface area contributed by atoms with E-state index >= 15 is 0 Å². The summed E-state index contributed by atoms with van der Waals surface area (Å²) in [6, 6.07) is 11.6. The fourth-order valence-corrected chi connectivity index (χ4v) is 2.99. The van der Waals surface area contributed by atoms with Gasteiger partial charge in [-0.2, -0.15) is 0 Å². The van der Waals surface area contributed by atoms with Crippen LogP contribution in [0, 0.1) is 0 Å². The van der Waals surface area contributed by atoms with Gasteiger partial charge in [-0.15, -0.1) is 11.3 Å². The summed E-state index contributed by atoms with van der Waals surface area (Å²) in [6.07, 6.45) is 1.30. The molecule has 0 N–H and O–H groups in total. The van der Waals surface area contributed by atoms with Crippen molar-refractivity contribution >= 4 is 33.0 Å². The molecule has 0 saturated carbocycles. The fourth-order valence-electron chi connectivity index (χ4n) is 1.64. The number of carbonyl (C=O) groups excluding carboxylic acids is 1. The van der Waals surface area contributed by atoms with Gasteiger partial charge in [0.2, 0.25) is 0 Å². The number of ketones is 1. The van der Waals surface area contributed by atoms with Gasteiger partial charge in [0.15, 0.2) is 5.78 Å². The number of methoxy groups -OCH3 is 1. The molecule has 0 atom stereocenters. The fraction of sp³-hybridized carbons (Fsp3) is 0.214. The van der Waals surface area contributed by atoms with E-state index in [1.807, 2.05) is 36.4 Å². The number of rotatable bonds is 5. The highest BCUT2D eigenvalue weighted by molar-refractivity contribution is 9.11. The summed E-state index contributed by atoms with van der Waals surface area (Å²) in [5.41, 5.74) is 1.15. The molecule has 0 bridgehead atoms. The molecular formula is C14H13BrO2S. The molecule has 0 aliphatic rings. The summed E-state index contributed by atoms with van der Waals surface area (Å²) in [5, 5.41) is 0. The molecule has 0 spiro atoms. The van der Waals surface area contributed by atoms with Crippen LogP contribution in [-0.2, 0) is 6.42 Å². The van der Waals surface area contributed by atoms with Crippen molar-refractivity contribution in [2.45, 2.75) is 12.8 Å². The van der Waals surface area contributed by atoms with Crippen LogP contribution in [0.5, 0.6) is 5.75 Å². The Kier molecular flexibility index (Phi) is 4.55. The Morgan fingerprint density at radius 3 is 2.50 bits per heavy atom. The molecule has 0 radical (unpaired) electrons. The van der Waals surface area contributed by atoms with Gasteiger partial charge in [0.1, 0.15) is 5.75 Å². The van der Waals surface area contributed by atoms with Gasteiger partial charge in [-0.1, -0.05) is 12.1 Å². The molecule has 4 heteroatoms. The van der Waals surface area contributed by atoms with Gasteiger partial charge in [0.05, 0.1) is 15.8 Å². The average Bonchev–Trinajstić information content (AvgIpc) is 2.83. The highest BCUT2D eigenvalue weighted by atomic mass is 79.9. The SMILES string of the molecule is COc1ccc(CCC(=O)c2ccc(Br)s2)cc1. The van der Waals surface area contributed by atoms with E-state index in [0.29, 0.717) is 6.42 Å². The molecule has 0 aliphatic heterocycles. The Morgan fingerprint density at radius 2 is 1.94 bits per heavy atom. The summed E-state index contributed by atoms with van der Waals surface area (Å²) < 4.78 is 6.09. The van der Waals surface area contributed by atoms with Crippen molar-refractivity contribution in [1.29, 1.82) is 0 Å². The largest absolute Gasteiger partial charge is 0.497 e. The van der Waals surface area contributed by atoms with E-state index < -0.39 is 0 Å². The molecule has 1 aromatic carbocycles. The number of Topliss-reactive ketones (excluding diaryl/α,β-unsaturated/α-hetero) is 1. The molecule has 2 nitrogen and oxygen atoms in total. The topological polar surface area (TPSA) is 26.3 Å². The highest BCUT2D eigenvalue weighted by Crippen LogP contribution is 2.23. The lowest BCUT2D eigenvalue weighted by Gasteiger charge is -2.02. The Morgan fingerprint density at radius 1 is 1.22 bits per heavy atom. The molecule has 0 unspecified atom stereocenters. The first-order chi connectivity index (χ1) is 8.69. The van der Waals surface area contributed by atoms with Crippen LogP contribution in [0.3, 0.4) is 0 Å². The maximum Gasteiger partial charge on any atom is 0.173 e. The lowest BCUT2D eigenvalue weighted by atomic mass is 10.1. The molecular weight excluding hydrogens is 312 g/mol. The summed E-state index contributed by atoms with van der Waals surface area (Å²) in [5.74, 6) is 1.04. The third kappa shape index (κ3) is 3.43. The normalized spacial score (nSPS) is 10.3. The van der Waals surface area contributed by atoms with Crippen LogP contribution in [0.2, 0.25) is 0 Å². The predicted octanol–water partition coefficient (Wildman–Crippen LogP) is 4.33. The molecule has 94 valence electrons. The second kappa shape index (κ2) is 6.16. The average molecular weight is 325 g/mol. The number of aryl methyl sites for hydroxylation is 1. The third-order valence-corrected chi connectivity index (χ3v) is 4.31. The molecule has 18 heavy (non-hydrogen) atoms. The first kappa shape index (κ1) is 13.3. The quantitative estimate of drug-likeness (QED) is 0.765. The number of benzene rings is 1. The monoisotopic (exact) mass is 324 g/mol. The van der Waals surface area contributed by atoms with Crippen molar-refractivity contribution in [3.63, 3.8) is 0 Å². The van der Waals surface area contributed by atoms with Crippen LogP contribution in [-0.4, -0.2) is 12.9 Å². The van der Waals surface area contributed by atoms with E-state index in [2.05, 4.69) is 15.9 Å². The van der Waals surface area contributed by atoms with Crippen molar-refractivity contribution in [2.75, 3.05) is 7.11 Å². The van der Waals surface area contributed by atoms with Gasteiger partial charge in [0, 0.05) is 6.42 Å². The minimum atomic E-state index is 0.196. The minimum Gasteiger partial charge on any atom is -0.497 e. The van der Waals surface area contributed by atoms with E-state index in [9.17, 15) is 4.79 Å². The zero-order valence-electron chi connectivity index (χ0n) is 9.98. The first-order valence-corrected chi connectivity index (χ1v) is 7.21. The van der Waals surface area contributed by atoms with Gasteiger partial charge in [0.25, 0.3) is 0 Å². The summed E-state index contributed by atoms with van der Waals surface area (Å²) in [6.45, 7) is 0. The Bertz CT molecular complexity index is 531. The molecule has 1 heterocycles. The van der Waals surface area contributed by atoms with Gasteiger partial charge < -0.3 is 4.74 Å². The molecule has 0 saturated heterocycles. The van der Waals surface area contributed by atoms with E-state index in [1.165, 1.54) is 11.3 Å². The molecule has 2 aromatic rings. The van der Waals surface area contributed by atoms with Crippen molar-refractivity contribution in [2.24, 2.45) is 0 Å². The van der Waals surface area contributed by atoms with Gasteiger partial charge in [-0.25, -0.2) is 0 Å². The van der Waals surface area contributed by atoms with Crippen LogP contribution < -0.4 is 4.74 Å². The number of ether oxygens (including phenoxy) is 1. The summed E-state index contributed by atoms with van der Waals surface area (Å²) >= 11 is 4.85. The van der Waals surface area contributed by atoms with Crippen molar-refractivity contribution < 1.29 is 9.53 Å². The second-order valence-electron chi connectivity index (χ2n) is 3.88. The molecule has 2 rings (SSSR count). The number of thiophene rings is 1. The minimum absolute atomic E-state index is 0.196. The standard InChI is InChI=1S/C14H13BrO2S/c1-17-11-5-2-10(3-6-11)4-7-12(16)13-8-9-14(15)18-13/h2-3,5-6,8-9H,4,7H2,1H3. The zero-order valence-corrected chi connectivity index (χ0v) is 12.4. The summed E-state index contributed by atoms with van der Waals surface area (Å²) in [4.78, 5) is 12.7. The van der Waals surface area contributed by atoms with E-state index in [4.69, 9.17) is 4.74 Å². The van der Waals surface area contributed by atoms with E-state index in [1.54, 1.807) is 7.11 Å². The van der Waals surface area contributed by atoms with E-state index in [-0.39, 0.29) is 5.78 Å². The maximum atomic E-state index is 11.9. The van der Waals surface area contributed by atoms with Crippen molar-refractivity contribution in [1.82, 2.24) is 0 Å². The lowest BCUT2D eigenvalue weighted by Crippen LogP contribution is -1.98. The predicted molar refractivity (Wildman–Crippen MR) is 77.7 cm³/mol. The first-order valence-electron chi connectivity index (χ1n) is 5.60. The molecule has 0 aliphatic carbocycles. The molecule has 0 amide bonds. The maximum absolute atomic E-state index is 11.9. The third-order valence-electron chi connectivity index (χ3n) is 2.65. The number of halogens is 1. The van der Waals surface area contributed by atoms with Gasteiger partial charge in [-0.3, -0.25) is 4.79 Å². The number of carbonyl (C=O) groups is 1. The molecule has 0 fully saturated rings. The van der Waals surface area contributed by atoms with Crippen LogP contribution in [0.1, 0.15) is 21.7 Å². The van der Waals surface area contributed by atoms with Crippen molar-refractivity contribution in [3.05, 3.63) is 50.6 Å². The van der Waals surface area contributed by atoms with Gasteiger partial charge >= 0.3 is 0 Å². The second-order valence-corrected chi connectivity index (χ2v) is 6.34. The van der Waals surface area contributed by atoms with Crippen molar-refractivity contribution in [3.8, 4) is 5.75 Å². The van der Waals surface area contributed by atoms with E-state index in [0.717, 1.165) is 26.4 Å². The van der Waals surface area contributed by atoms with Gasteiger partial charge in [-0.05, 0) is 52.2 Å². The lowest BCUT2D eigenvalue weighted by molar-refractivity contribution is 0.0987.